The van der Waals surface area contributed by atoms with Crippen molar-refractivity contribution in [3.05, 3.63) is 60.2 Å². The first-order valence-electron chi connectivity index (χ1n) is 11.4. The minimum atomic E-state index is -4.65. The van der Waals surface area contributed by atoms with Crippen molar-refractivity contribution in [1.82, 2.24) is 15.0 Å². The van der Waals surface area contributed by atoms with Crippen LogP contribution in [0.5, 0.6) is 5.75 Å². The molecule has 0 atom stereocenters. The van der Waals surface area contributed by atoms with E-state index in [0.29, 0.717) is 29.4 Å². The second kappa shape index (κ2) is 12.9. The summed E-state index contributed by atoms with van der Waals surface area (Å²) in [7, 11) is -3.09. The zero-order chi connectivity index (χ0) is 28.7. The van der Waals surface area contributed by atoms with Crippen LogP contribution in [-0.2, 0) is 19.5 Å². The number of aromatic nitrogens is 3. The molecule has 39 heavy (non-hydrogen) atoms. The standard InChI is InChI=1S/C22H20N6O7S2.C2H6/c1-12-23-13(2)25-22(24-12)28(3)17-11-16(37(31,32)33)9-14-10-18(36-35-34-30)20(21(29)19(14)17)27-26-15-7-5-4-6-8-15;1-2/h4-11,29-30H,1-3H3,(H,31,32,33);1-2H3. The van der Waals surface area contributed by atoms with Gasteiger partial charge in [0, 0.05) is 12.4 Å². The Kier molecular flexibility index (Phi) is 9.85. The van der Waals surface area contributed by atoms with E-state index in [1.54, 1.807) is 51.2 Å². The van der Waals surface area contributed by atoms with Crippen LogP contribution >= 0.6 is 12.0 Å². The van der Waals surface area contributed by atoms with Crippen molar-refractivity contribution in [2.75, 3.05) is 11.9 Å². The van der Waals surface area contributed by atoms with Gasteiger partial charge in [-0.1, -0.05) is 37.1 Å². The third-order valence-electron chi connectivity index (χ3n) is 5.08. The van der Waals surface area contributed by atoms with Gasteiger partial charge in [0.05, 0.1) is 33.2 Å². The summed E-state index contributed by atoms with van der Waals surface area (Å²) in [5.41, 5.74) is 0.572. The summed E-state index contributed by atoms with van der Waals surface area (Å²) in [5.74, 6) is 0.616. The van der Waals surface area contributed by atoms with Crippen molar-refractivity contribution >= 4 is 55.9 Å². The van der Waals surface area contributed by atoms with E-state index in [1.807, 2.05) is 13.8 Å². The first-order chi connectivity index (χ1) is 18.6. The monoisotopic (exact) mass is 574 g/mol. The highest BCUT2D eigenvalue weighted by Crippen LogP contribution is 2.48. The van der Waals surface area contributed by atoms with Crippen molar-refractivity contribution < 1.29 is 32.7 Å². The molecule has 0 bridgehead atoms. The number of aromatic hydroxyl groups is 1. The molecule has 4 rings (SSSR count). The summed E-state index contributed by atoms with van der Waals surface area (Å²) in [6.45, 7) is 7.34. The van der Waals surface area contributed by atoms with E-state index in [-0.39, 0.29) is 33.0 Å². The van der Waals surface area contributed by atoms with Crippen molar-refractivity contribution in [2.24, 2.45) is 10.2 Å². The molecule has 1 heterocycles. The summed E-state index contributed by atoms with van der Waals surface area (Å²) < 4.78 is 38.5. The number of anilines is 2. The first-order valence-corrected chi connectivity index (χ1v) is 13.6. The van der Waals surface area contributed by atoms with Crippen molar-refractivity contribution in [3.63, 3.8) is 0 Å². The lowest BCUT2D eigenvalue weighted by Gasteiger charge is -2.22. The molecule has 1 aromatic heterocycles. The average Bonchev–Trinajstić information content (AvgIpc) is 2.91. The van der Waals surface area contributed by atoms with E-state index in [0.717, 1.165) is 6.07 Å². The van der Waals surface area contributed by atoms with Crippen LogP contribution in [0.4, 0.5) is 23.0 Å². The molecular formula is C24H26N6O7S2. The highest BCUT2D eigenvalue weighted by Gasteiger charge is 2.24. The number of aryl methyl sites for hydroxylation is 2. The van der Waals surface area contributed by atoms with Gasteiger partial charge in [-0.3, -0.25) is 4.55 Å². The van der Waals surface area contributed by atoms with Crippen molar-refractivity contribution in [1.29, 1.82) is 0 Å². The van der Waals surface area contributed by atoms with Crippen LogP contribution < -0.4 is 4.90 Å². The number of fused-ring (bicyclic) bond motifs is 1. The zero-order valence-electron chi connectivity index (χ0n) is 21.6. The van der Waals surface area contributed by atoms with Gasteiger partial charge >= 0.3 is 0 Å². The van der Waals surface area contributed by atoms with Crippen LogP contribution in [0.1, 0.15) is 25.5 Å². The molecule has 0 spiro atoms. The summed E-state index contributed by atoms with van der Waals surface area (Å²) in [5, 5.41) is 32.3. The van der Waals surface area contributed by atoms with Gasteiger partial charge in [-0.15, -0.1) is 9.45 Å². The smallest absolute Gasteiger partial charge is 0.294 e. The summed E-state index contributed by atoms with van der Waals surface area (Å²) >= 11 is 0.495. The highest BCUT2D eigenvalue weighted by molar-refractivity contribution is 7.94. The van der Waals surface area contributed by atoms with Gasteiger partial charge < -0.3 is 10.0 Å². The maximum Gasteiger partial charge on any atom is 0.294 e. The largest absolute Gasteiger partial charge is 0.505 e. The van der Waals surface area contributed by atoms with E-state index in [1.165, 1.54) is 17.0 Å². The number of nitrogens with zero attached hydrogens (tertiary/aromatic N) is 6. The van der Waals surface area contributed by atoms with Crippen LogP contribution in [-0.4, -0.2) is 45.3 Å². The Labute approximate surface area is 229 Å². The predicted molar refractivity (Wildman–Crippen MR) is 145 cm³/mol. The lowest BCUT2D eigenvalue weighted by Crippen LogP contribution is -2.16. The lowest BCUT2D eigenvalue weighted by molar-refractivity contribution is -0.432. The molecule has 206 valence electrons. The quantitative estimate of drug-likeness (QED) is 0.0710. The van der Waals surface area contributed by atoms with Crippen LogP contribution in [0.15, 0.2) is 68.6 Å². The minimum Gasteiger partial charge on any atom is -0.505 e. The van der Waals surface area contributed by atoms with Crippen LogP contribution in [0.3, 0.4) is 0 Å². The van der Waals surface area contributed by atoms with Crippen LogP contribution in [0, 0.1) is 13.8 Å². The molecule has 0 fully saturated rings. The van der Waals surface area contributed by atoms with Crippen LogP contribution in [0.2, 0.25) is 0 Å². The second-order valence-electron chi connectivity index (χ2n) is 7.64. The Balaban J connectivity index is 0.00000205. The van der Waals surface area contributed by atoms with Crippen LogP contribution in [0.25, 0.3) is 10.8 Å². The predicted octanol–water partition coefficient (Wildman–Crippen LogP) is 6.23. The first kappa shape index (κ1) is 29.8. The lowest BCUT2D eigenvalue weighted by atomic mass is 10.1. The molecule has 13 nitrogen and oxygen atoms in total. The van der Waals surface area contributed by atoms with E-state index in [4.69, 9.17) is 5.26 Å². The molecule has 0 saturated heterocycles. The summed E-state index contributed by atoms with van der Waals surface area (Å²) in [4.78, 5) is 13.8. The van der Waals surface area contributed by atoms with Crippen molar-refractivity contribution in [3.8, 4) is 5.75 Å². The fraction of sp³-hybridized carbons (Fsp3) is 0.208. The number of hydrogen-bond acceptors (Lipinski definition) is 13. The maximum absolute atomic E-state index is 12.1. The number of azo groups is 1. The third-order valence-corrected chi connectivity index (χ3v) is 6.54. The molecule has 0 aliphatic heterocycles. The number of hydrogen-bond donors (Lipinski definition) is 3. The topological polar surface area (TPSA) is 180 Å². The molecule has 0 aliphatic rings. The van der Waals surface area contributed by atoms with Gasteiger partial charge in [-0.2, -0.15) is 23.5 Å². The number of phenols is 1. The molecule has 0 amide bonds. The second-order valence-corrected chi connectivity index (χ2v) is 9.80. The SMILES string of the molecule is CC.Cc1nc(C)nc(N(C)c2cc(S(=O)(=O)O)cc3cc(SOOO)c(N=Nc4ccccc4)c(O)c23)n1. The molecule has 4 aromatic rings. The van der Waals surface area contributed by atoms with E-state index < -0.39 is 20.8 Å². The van der Waals surface area contributed by atoms with Crippen molar-refractivity contribution in [2.45, 2.75) is 37.5 Å². The van der Waals surface area contributed by atoms with Gasteiger partial charge in [-0.05, 0) is 49.6 Å². The molecular weight excluding hydrogens is 548 g/mol. The molecule has 0 aliphatic carbocycles. The highest BCUT2D eigenvalue weighted by atomic mass is 32.2. The molecule has 3 N–H and O–H groups in total. The Morgan fingerprint density at radius 3 is 2.21 bits per heavy atom. The Bertz CT molecular complexity index is 1580. The number of rotatable bonds is 8. The normalized spacial score (nSPS) is 11.5. The van der Waals surface area contributed by atoms with E-state index in [2.05, 4.69) is 34.6 Å². The molecule has 15 heteroatoms. The Morgan fingerprint density at radius 2 is 1.62 bits per heavy atom. The van der Waals surface area contributed by atoms with E-state index >= 15 is 0 Å². The third kappa shape index (κ3) is 7.03. The minimum absolute atomic E-state index is 0.0596. The maximum atomic E-state index is 12.1. The van der Waals surface area contributed by atoms with Gasteiger partial charge in [0.2, 0.25) is 5.95 Å². The Morgan fingerprint density at radius 1 is 0.974 bits per heavy atom. The van der Waals surface area contributed by atoms with Gasteiger partial charge in [0.1, 0.15) is 17.3 Å². The van der Waals surface area contributed by atoms with Gasteiger partial charge in [-0.25, -0.2) is 10.2 Å². The van der Waals surface area contributed by atoms with E-state index in [9.17, 15) is 18.1 Å². The molecule has 0 saturated carbocycles. The Hall–Kier alpha value is -3.73. The molecule has 0 radical (unpaired) electrons. The summed E-state index contributed by atoms with van der Waals surface area (Å²) in [6, 6.07) is 12.5. The fourth-order valence-electron chi connectivity index (χ4n) is 3.52. The van der Waals surface area contributed by atoms with Gasteiger partial charge in [0.15, 0.2) is 5.75 Å². The number of phenolic OH excluding ortho intramolecular Hbond substituents is 1. The summed E-state index contributed by atoms with van der Waals surface area (Å²) in [6.07, 6.45) is 0. The number of benzene rings is 3. The molecule has 0 unspecified atom stereocenters. The fourth-order valence-corrected chi connectivity index (χ4v) is 4.55. The van der Waals surface area contributed by atoms with Gasteiger partial charge in [0.25, 0.3) is 10.1 Å². The zero-order valence-corrected chi connectivity index (χ0v) is 23.2. The average molecular weight is 575 g/mol. The molecule has 3 aromatic carbocycles.